The van der Waals surface area contributed by atoms with Crippen LogP contribution in [-0.2, 0) is 19.0 Å². The normalized spacial score (nSPS) is 14.1. The maximum Gasteiger partial charge on any atom is 0.420 e. The van der Waals surface area contributed by atoms with Crippen LogP contribution in [0.1, 0.15) is 29.1 Å². The summed E-state index contributed by atoms with van der Waals surface area (Å²) in [4.78, 5) is 13.6. The summed E-state index contributed by atoms with van der Waals surface area (Å²) in [6.45, 7) is 1.59. The second kappa shape index (κ2) is 5.83. The maximum atomic E-state index is 12.8. The van der Waals surface area contributed by atoms with Crippen LogP contribution in [-0.4, -0.2) is 38.4 Å². The van der Waals surface area contributed by atoms with Crippen LogP contribution < -0.4 is 0 Å². The molecule has 0 aromatic carbocycles. The number of carbonyl (C=O) groups excluding carboxylic acids is 1. The van der Waals surface area contributed by atoms with Crippen LogP contribution in [0.3, 0.4) is 0 Å². The van der Waals surface area contributed by atoms with Gasteiger partial charge in [0.15, 0.2) is 6.10 Å². The minimum Gasteiger partial charge on any atom is -0.461 e. The Bertz CT molecular complexity index is 578. The van der Waals surface area contributed by atoms with Gasteiger partial charge < -0.3 is 9.72 Å². The van der Waals surface area contributed by atoms with Crippen molar-refractivity contribution in [2.45, 2.75) is 19.2 Å². The molecular weight excluding hydrogens is 303 g/mol. The van der Waals surface area contributed by atoms with Crippen molar-refractivity contribution in [3.63, 3.8) is 0 Å². The first-order valence-electron chi connectivity index (χ1n) is 5.35. The summed E-state index contributed by atoms with van der Waals surface area (Å²) < 4.78 is 68.7. The highest BCUT2D eigenvalue weighted by atomic mass is 32.2. The molecule has 0 aliphatic heterocycles. The van der Waals surface area contributed by atoms with E-state index < -0.39 is 33.9 Å². The Hall–Kier alpha value is -1.55. The van der Waals surface area contributed by atoms with Crippen LogP contribution in [0.25, 0.3) is 0 Å². The van der Waals surface area contributed by atoms with Crippen molar-refractivity contribution >= 4 is 16.1 Å². The molecule has 0 radical (unpaired) electrons. The first-order chi connectivity index (χ1) is 9.04. The van der Waals surface area contributed by atoms with Gasteiger partial charge in [-0.2, -0.15) is 21.6 Å². The molecule has 1 aromatic heterocycles. The molecule has 0 aliphatic carbocycles. The second-order valence-corrected chi connectivity index (χ2v) is 5.39. The number of esters is 1. The number of hydrogen-bond donors (Lipinski definition) is 1. The van der Waals surface area contributed by atoms with Crippen molar-refractivity contribution < 1.29 is 35.3 Å². The number of ether oxygens (including phenoxy) is 1. The molecule has 0 bridgehead atoms. The fourth-order valence-electron chi connectivity index (χ4n) is 1.36. The highest BCUT2D eigenvalue weighted by molar-refractivity contribution is 7.86. The van der Waals surface area contributed by atoms with Crippen LogP contribution >= 0.6 is 0 Å². The lowest BCUT2D eigenvalue weighted by molar-refractivity contribution is -0.196. The first-order valence-corrected chi connectivity index (χ1v) is 7.16. The third kappa shape index (κ3) is 4.53. The number of halogens is 3. The fourth-order valence-corrected chi connectivity index (χ4v) is 1.93. The molecule has 1 rings (SSSR count). The van der Waals surface area contributed by atoms with E-state index in [9.17, 15) is 26.4 Å². The molecule has 1 N–H and O–H groups in total. The van der Waals surface area contributed by atoms with E-state index in [4.69, 9.17) is 0 Å². The van der Waals surface area contributed by atoms with E-state index in [1.54, 1.807) is 0 Å². The lowest BCUT2D eigenvalue weighted by Crippen LogP contribution is -2.25. The summed E-state index contributed by atoms with van der Waals surface area (Å²) in [7, 11) is -4.33. The van der Waals surface area contributed by atoms with Gasteiger partial charge in [-0.1, -0.05) is 0 Å². The largest absolute Gasteiger partial charge is 0.461 e. The Morgan fingerprint density at radius 2 is 2.05 bits per heavy atom. The molecule has 1 atom stereocenters. The lowest BCUT2D eigenvalue weighted by Gasteiger charge is -2.18. The number of H-pyrrole nitrogens is 1. The van der Waals surface area contributed by atoms with Gasteiger partial charge in [0.1, 0.15) is 5.69 Å². The topological polar surface area (TPSA) is 85.5 Å². The van der Waals surface area contributed by atoms with Crippen molar-refractivity contribution in [2.75, 3.05) is 12.9 Å². The zero-order valence-corrected chi connectivity index (χ0v) is 11.3. The van der Waals surface area contributed by atoms with Crippen molar-refractivity contribution in [2.24, 2.45) is 0 Å². The minimum atomic E-state index is -4.95. The zero-order valence-electron chi connectivity index (χ0n) is 10.5. The van der Waals surface area contributed by atoms with Crippen LogP contribution in [0.2, 0.25) is 0 Å². The number of hydrogen-bond acceptors (Lipinski definition) is 5. The third-order valence-corrected chi connectivity index (χ3v) is 2.61. The lowest BCUT2D eigenvalue weighted by atomic mass is 10.2. The van der Waals surface area contributed by atoms with Crippen molar-refractivity contribution in [3.05, 3.63) is 23.5 Å². The van der Waals surface area contributed by atoms with Gasteiger partial charge in [0, 0.05) is 11.8 Å². The summed E-state index contributed by atoms with van der Waals surface area (Å²) >= 11 is 0. The summed E-state index contributed by atoms with van der Waals surface area (Å²) in [5, 5.41) is 0. The van der Waals surface area contributed by atoms with E-state index in [1.807, 2.05) is 0 Å². The molecule has 1 aromatic rings. The highest BCUT2D eigenvalue weighted by Crippen LogP contribution is 2.37. The molecule has 10 heteroatoms. The van der Waals surface area contributed by atoms with Gasteiger partial charge in [0.05, 0.1) is 12.9 Å². The van der Waals surface area contributed by atoms with Gasteiger partial charge in [-0.05, 0) is 13.0 Å². The van der Waals surface area contributed by atoms with Crippen molar-refractivity contribution in [1.29, 1.82) is 0 Å². The molecule has 0 amide bonds. The maximum absolute atomic E-state index is 12.8. The van der Waals surface area contributed by atoms with Crippen molar-refractivity contribution in [1.82, 2.24) is 4.98 Å². The summed E-state index contributed by atoms with van der Waals surface area (Å²) in [6, 6.07) is 0.835. The monoisotopic (exact) mass is 315 g/mol. The Morgan fingerprint density at radius 3 is 2.50 bits per heavy atom. The number of nitrogens with one attached hydrogen (secondary N) is 1. The van der Waals surface area contributed by atoms with Crippen LogP contribution in [0, 0.1) is 0 Å². The number of aromatic amines is 1. The highest BCUT2D eigenvalue weighted by Gasteiger charge is 2.45. The molecule has 0 saturated carbocycles. The average Bonchev–Trinajstić information content (AvgIpc) is 2.72. The van der Waals surface area contributed by atoms with Gasteiger partial charge in [0.25, 0.3) is 10.1 Å². The number of carbonyl (C=O) groups is 1. The summed E-state index contributed by atoms with van der Waals surface area (Å²) in [6.07, 6.45) is -6.28. The fraction of sp³-hybridized carbons (Fsp3) is 0.500. The molecule has 0 fully saturated rings. The quantitative estimate of drug-likeness (QED) is 0.661. The van der Waals surface area contributed by atoms with Crippen LogP contribution in [0.4, 0.5) is 13.2 Å². The van der Waals surface area contributed by atoms with Gasteiger partial charge in [-0.15, -0.1) is 0 Å². The predicted molar refractivity (Wildman–Crippen MR) is 61.5 cm³/mol. The molecule has 20 heavy (non-hydrogen) atoms. The predicted octanol–water partition coefficient (Wildman–Crippen LogP) is 1.77. The first kappa shape index (κ1) is 16.5. The van der Waals surface area contributed by atoms with Crippen LogP contribution in [0.15, 0.2) is 12.3 Å². The van der Waals surface area contributed by atoms with Gasteiger partial charge in [-0.3, -0.25) is 4.18 Å². The SMILES string of the molecule is CCOC(=O)c1cc(C(OS(C)(=O)=O)C(F)(F)F)c[nH]1. The number of alkyl halides is 3. The number of aromatic nitrogens is 1. The van der Waals surface area contributed by atoms with E-state index >= 15 is 0 Å². The van der Waals surface area contributed by atoms with Crippen LogP contribution in [0.5, 0.6) is 0 Å². The van der Waals surface area contributed by atoms with E-state index in [-0.39, 0.29) is 12.3 Å². The zero-order chi connectivity index (χ0) is 15.6. The molecule has 1 heterocycles. The van der Waals surface area contributed by atoms with E-state index in [2.05, 4.69) is 13.9 Å². The molecule has 0 spiro atoms. The molecule has 6 nitrogen and oxygen atoms in total. The Morgan fingerprint density at radius 1 is 1.45 bits per heavy atom. The van der Waals surface area contributed by atoms with Gasteiger partial charge >= 0.3 is 12.1 Å². The Labute approximate surface area is 113 Å². The van der Waals surface area contributed by atoms with E-state index in [0.717, 1.165) is 12.3 Å². The molecule has 0 saturated heterocycles. The standard InChI is InChI=1S/C10H12F3NO5S/c1-3-18-9(15)7-4-6(5-14-7)8(10(11,12)13)19-20(2,16)17/h4-5,8,14H,3H2,1-2H3. The Kier molecular flexibility index (Phi) is 4.81. The van der Waals surface area contributed by atoms with Gasteiger partial charge in [0.2, 0.25) is 0 Å². The van der Waals surface area contributed by atoms with E-state index in [0.29, 0.717) is 6.26 Å². The molecule has 0 aliphatic rings. The summed E-state index contributed by atoms with van der Waals surface area (Å²) in [5.74, 6) is -0.848. The second-order valence-electron chi connectivity index (χ2n) is 3.79. The van der Waals surface area contributed by atoms with E-state index in [1.165, 1.54) is 6.92 Å². The molecule has 1 unspecified atom stereocenters. The Balaban J connectivity index is 3.07. The molecule has 114 valence electrons. The smallest absolute Gasteiger partial charge is 0.420 e. The number of rotatable bonds is 5. The average molecular weight is 315 g/mol. The third-order valence-electron chi connectivity index (χ3n) is 2.07. The van der Waals surface area contributed by atoms with Gasteiger partial charge in [-0.25, -0.2) is 4.79 Å². The van der Waals surface area contributed by atoms with Crippen molar-refractivity contribution in [3.8, 4) is 0 Å². The summed E-state index contributed by atoms with van der Waals surface area (Å²) in [5.41, 5.74) is -0.765. The minimum absolute atomic E-state index is 0.0513. The molecular formula is C10H12F3NO5S.